The molecule has 0 saturated carbocycles. The predicted octanol–water partition coefficient (Wildman–Crippen LogP) is 3.57. The Balaban J connectivity index is 2.38. The van der Waals surface area contributed by atoms with E-state index in [1.165, 1.54) is 17.4 Å². The molecule has 0 radical (unpaired) electrons. The zero-order chi connectivity index (χ0) is 11.7. The lowest BCUT2D eigenvalue weighted by atomic mass is 10.1. The first kappa shape index (κ1) is 11.0. The number of carbonyl (C=O) groups excluding carboxylic acids is 1. The summed E-state index contributed by atoms with van der Waals surface area (Å²) < 4.78 is 25.6. The van der Waals surface area contributed by atoms with Gasteiger partial charge in [-0.1, -0.05) is 0 Å². The second-order valence-corrected chi connectivity index (χ2v) is 4.66. The number of rotatable bonds is 2. The molecule has 0 amide bonds. The molecule has 0 bridgehead atoms. The van der Waals surface area contributed by atoms with E-state index in [-0.39, 0.29) is 11.3 Å². The molecule has 0 unspecified atom stereocenters. The lowest BCUT2D eigenvalue weighted by molar-refractivity contribution is 0.104. The Morgan fingerprint density at radius 3 is 2.44 bits per heavy atom. The maximum absolute atomic E-state index is 12.9. The van der Waals surface area contributed by atoms with Gasteiger partial charge in [-0.15, -0.1) is 11.3 Å². The van der Waals surface area contributed by atoms with Crippen LogP contribution in [0.25, 0.3) is 0 Å². The minimum Gasteiger partial charge on any atom is -0.288 e. The first-order valence-electron chi connectivity index (χ1n) is 4.64. The summed E-state index contributed by atoms with van der Waals surface area (Å²) in [4.78, 5) is 13.4. The van der Waals surface area contributed by atoms with Crippen molar-refractivity contribution in [3.8, 4) is 0 Å². The van der Waals surface area contributed by atoms with E-state index in [4.69, 9.17) is 0 Å². The first-order chi connectivity index (χ1) is 7.58. The van der Waals surface area contributed by atoms with Gasteiger partial charge in [0.1, 0.15) is 0 Å². The molecule has 2 rings (SSSR count). The van der Waals surface area contributed by atoms with Crippen LogP contribution in [0.15, 0.2) is 30.3 Å². The Bertz CT molecular complexity index is 546. The third kappa shape index (κ3) is 2.02. The van der Waals surface area contributed by atoms with Crippen molar-refractivity contribution >= 4 is 17.1 Å². The molecule has 0 aliphatic carbocycles. The van der Waals surface area contributed by atoms with E-state index >= 15 is 0 Å². The molecule has 0 aliphatic rings. The summed E-state index contributed by atoms with van der Waals surface area (Å²) in [6.45, 7) is 1.88. The van der Waals surface area contributed by atoms with Crippen LogP contribution in [0.3, 0.4) is 0 Å². The average Bonchev–Trinajstić information content (AvgIpc) is 2.68. The van der Waals surface area contributed by atoms with Crippen LogP contribution in [-0.4, -0.2) is 5.78 Å². The van der Waals surface area contributed by atoms with Gasteiger partial charge in [0.05, 0.1) is 4.88 Å². The fourth-order valence-electron chi connectivity index (χ4n) is 1.34. The molecule has 1 heterocycles. The summed E-state index contributed by atoms with van der Waals surface area (Å²) in [5.74, 6) is -2.23. The summed E-state index contributed by atoms with van der Waals surface area (Å²) in [6, 6.07) is 6.67. The predicted molar refractivity (Wildman–Crippen MR) is 58.8 cm³/mol. The highest BCUT2D eigenvalue weighted by Crippen LogP contribution is 2.20. The van der Waals surface area contributed by atoms with Crippen molar-refractivity contribution in [2.75, 3.05) is 0 Å². The monoisotopic (exact) mass is 238 g/mol. The van der Waals surface area contributed by atoms with Gasteiger partial charge in [-0.25, -0.2) is 8.78 Å². The summed E-state index contributed by atoms with van der Waals surface area (Å²) in [5.41, 5.74) is 0.167. The van der Waals surface area contributed by atoms with Crippen LogP contribution in [-0.2, 0) is 0 Å². The van der Waals surface area contributed by atoms with E-state index < -0.39 is 11.6 Å². The van der Waals surface area contributed by atoms with Gasteiger partial charge in [-0.05, 0) is 37.3 Å². The quantitative estimate of drug-likeness (QED) is 0.731. The molecule has 2 aromatic rings. The highest BCUT2D eigenvalue weighted by atomic mass is 32.1. The number of aryl methyl sites for hydroxylation is 1. The van der Waals surface area contributed by atoms with Crippen LogP contribution in [0.5, 0.6) is 0 Å². The molecule has 0 saturated heterocycles. The standard InChI is InChI=1S/C12H8F2OS/c1-7-2-5-11(16-7)12(15)8-3-4-9(13)10(14)6-8/h2-6H,1H3. The number of thiophene rings is 1. The zero-order valence-corrected chi connectivity index (χ0v) is 9.28. The van der Waals surface area contributed by atoms with Gasteiger partial charge >= 0.3 is 0 Å². The number of carbonyl (C=O) groups is 1. The van der Waals surface area contributed by atoms with Gasteiger partial charge in [-0.3, -0.25) is 4.79 Å². The van der Waals surface area contributed by atoms with E-state index in [2.05, 4.69) is 0 Å². The lowest BCUT2D eigenvalue weighted by Crippen LogP contribution is -2.00. The van der Waals surface area contributed by atoms with Gasteiger partial charge < -0.3 is 0 Å². The SMILES string of the molecule is Cc1ccc(C(=O)c2ccc(F)c(F)c2)s1. The van der Waals surface area contributed by atoms with Crippen molar-refractivity contribution in [1.82, 2.24) is 0 Å². The Kier molecular flexibility index (Phi) is 2.83. The van der Waals surface area contributed by atoms with Crippen molar-refractivity contribution in [3.63, 3.8) is 0 Å². The van der Waals surface area contributed by atoms with E-state index in [0.29, 0.717) is 4.88 Å². The number of hydrogen-bond donors (Lipinski definition) is 0. The van der Waals surface area contributed by atoms with E-state index in [1.807, 2.05) is 13.0 Å². The molecule has 1 aromatic heterocycles. The minimum atomic E-state index is -1.00. The summed E-state index contributed by atoms with van der Waals surface area (Å²) in [6.07, 6.45) is 0. The van der Waals surface area contributed by atoms with Gasteiger partial charge in [-0.2, -0.15) is 0 Å². The van der Waals surface area contributed by atoms with Crippen LogP contribution < -0.4 is 0 Å². The fourth-order valence-corrected chi connectivity index (χ4v) is 2.17. The Labute approximate surface area is 95.4 Å². The zero-order valence-electron chi connectivity index (χ0n) is 8.46. The average molecular weight is 238 g/mol. The maximum atomic E-state index is 12.9. The molecular formula is C12H8F2OS. The van der Waals surface area contributed by atoms with Crippen molar-refractivity contribution in [3.05, 3.63) is 57.3 Å². The smallest absolute Gasteiger partial charge is 0.203 e. The highest BCUT2D eigenvalue weighted by molar-refractivity contribution is 7.14. The van der Waals surface area contributed by atoms with Crippen molar-refractivity contribution in [2.45, 2.75) is 6.92 Å². The maximum Gasteiger partial charge on any atom is 0.203 e. The molecule has 4 heteroatoms. The minimum absolute atomic E-state index is 0.167. The van der Waals surface area contributed by atoms with Crippen LogP contribution >= 0.6 is 11.3 Å². The first-order valence-corrected chi connectivity index (χ1v) is 5.46. The number of halogens is 2. The van der Waals surface area contributed by atoms with E-state index in [1.54, 1.807) is 6.07 Å². The van der Waals surface area contributed by atoms with Gasteiger partial charge in [0.25, 0.3) is 0 Å². The van der Waals surface area contributed by atoms with Crippen LogP contribution in [0, 0.1) is 18.6 Å². The lowest BCUT2D eigenvalue weighted by Gasteiger charge is -1.98. The normalized spacial score (nSPS) is 10.4. The molecule has 1 aromatic carbocycles. The van der Waals surface area contributed by atoms with Crippen molar-refractivity contribution < 1.29 is 13.6 Å². The van der Waals surface area contributed by atoms with Crippen LogP contribution in [0.4, 0.5) is 8.78 Å². The van der Waals surface area contributed by atoms with Crippen LogP contribution in [0.1, 0.15) is 20.1 Å². The fraction of sp³-hybridized carbons (Fsp3) is 0.0833. The number of benzene rings is 1. The molecule has 0 N–H and O–H groups in total. The van der Waals surface area contributed by atoms with E-state index in [0.717, 1.165) is 17.0 Å². The Hall–Kier alpha value is -1.55. The Morgan fingerprint density at radius 2 is 1.88 bits per heavy atom. The second-order valence-electron chi connectivity index (χ2n) is 3.37. The summed E-state index contributed by atoms with van der Waals surface area (Å²) in [7, 11) is 0. The van der Waals surface area contributed by atoms with Gasteiger partial charge in [0.15, 0.2) is 11.6 Å². The third-order valence-corrected chi connectivity index (χ3v) is 3.15. The Morgan fingerprint density at radius 1 is 1.12 bits per heavy atom. The third-order valence-electron chi connectivity index (χ3n) is 2.15. The molecule has 1 nitrogen and oxygen atoms in total. The molecular weight excluding hydrogens is 230 g/mol. The number of ketones is 1. The molecule has 0 atom stereocenters. The topological polar surface area (TPSA) is 17.1 Å². The summed E-state index contributed by atoms with van der Waals surface area (Å²) in [5, 5.41) is 0. The van der Waals surface area contributed by atoms with Gasteiger partial charge in [0.2, 0.25) is 5.78 Å². The van der Waals surface area contributed by atoms with Crippen molar-refractivity contribution in [2.24, 2.45) is 0 Å². The van der Waals surface area contributed by atoms with Crippen LogP contribution in [0.2, 0.25) is 0 Å². The largest absolute Gasteiger partial charge is 0.288 e. The van der Waals surface area contributed by atoms with Crippen molar-refractivity contribution in [1.29, 1.82) is 0 Å². The molecule has 0 fully saturated rings. The van der Waals surface area contributed by atoms with Gasteiger partial charge in [0, 0.05) is 10.4 Å². The summed E-state index contributed by atoms with van der Waals surface area (Å²) >= 11 is 1.33. The van der Waals surface area contributed by atoms with E-state index in [9.17, 15) is 13.6 Å². The second kappa shape index (κ2) is 4.14. The molecule has 16 heavy (non-hydrogen) atoms. The number of hydrogen-bond acceptors (Lipinski definition) is 2. The molecule has 82 valence electrons. The highest BCUT2D eigenvalue weighted by Gasteiger charge is 2.13. The molecule has 0 aliphatic heterocycles. The molecule has 0 spiro atoms.